The van der Waals surface area contributed by atoms with Gasteiger partial charge in [-0.25, -0.2) is 13.2 Å². The standard InChI is InChI=1S/C32H43N5O5S/c1-23-9-10-26(34-17-19-35(20-18-34)31(39)42-32(3,4)5)22-28(23)33-30(38)24(2)37-16-13-25-21-27(11-12-29(25)37)43(40,41)36-14-7-6-8-15-36/h9-13,16,21-22,24H,6-8,14-15,17-20H2,1-5H3,(H,33,38). The summed E-state index contributed by atoms with van der Waals surface area (Å²) in [5.41, 5.74) is 2.93. The van der Waals surface area contributed by atoms with Gasteiger partial charge in [-0.15, -0.1) is 0 Å². The molecule has 2 aliphatic heterocycles. The summed E-state index contributed by atoms with van der Waals surface area (Å²) in [5.74, 6) is -0.169. The van der Waals surface area contributed by atoms with Crippen molar-refractivity contribution in [1.29, 1.82) is 0 Å². The van der Waals surface area contributed by atoms with E-state index in [9.17, 15) is 18.0 Å². The van der Waals surface area contributed by atoms with Crippen LogP contribution in [0.2, 0.25) is 0 Å². The van der Waals surface area contributed by atoms with Crippen LogP contribution in [0.25, 0.3) is 10.9 Å². The highest BCUT2D eigenvalue weighted by Gasteiger charge is 2.28. The maximum absolute atomic E-state index is 13.5. The Bertz CT molecular complexity index is 1600. The lowest BCUT2D eigenvalue weighted by Gasteiger charge is -2.37. The normalized spacial score (nSPS) is 17.6. The molecule has 2 fully saturated rings. The number of hydrogen-bond donors (Lipinski definition) is 1. The van der Waals surface area contributed by atoms with E-state index in [0.29, 0.717) is 39.3 Å². The molecule has 1 unspecified atom stereocenters. The molecule has 43 heavy (non-hydrogen) atoms. The van der Waals surface area contributed by atoms with Crippen molar-refractivity contribution in [2.75, 3.05) is 49.5 Å². The highest BCUT2D eigenvalue weighted by molar-refractivity contribution is 7.89. The number of anilines is 2. The first-order chi connectivity index (χ1) is 20.3. The Kier molecular flexibility index (Phi) is 8.76. The van der Waals surface area contributed by atoms with E-state index >= 15 is 0 Å². The molecule has 3 heterocycles. The van der Waals surface area contributed by atoms with Gasteiger partial charge in [0, 0.05) is 67.7 Å². The molecule has 2 aromatic carbocycles. The molecule has 2 amide bonds. The van der Waals surface area contributed by atoms with Crippen LogP contribution >= 0.6 is 0 Å². The highest BCUT2D eigenvalue weighted by Crippen LogP contribution is 2.29. The summed E-state index contributed by atoms with van der Waals surface area (Å²) in [6, 6.07) is 12.5. The fraction of sp³-hybridized carbons (Fsp3) is 0.500. The molecule has 232 valence electrons. The van der Waals surface area contributed by atoms with Gasteiger partial charge < -0.3 is 24.4 Å². The molecule has 1 N–H and O–H groups in total. The van der Waals surface area contributed by atoms with Gasteiger partial charge in [0.05, 0.1) is 4.90 Å². The van der Waals surface area contributed by atoms with Crippen molar-refractivity contribution in [1.82, 2.24) is 13.8 Å². The summed E-state index contributed by atoms with van der Waals surface area (Å²) in [6.07, 6.45) is 4.37. The number of piperazine rings is 1. The van der Waals surface area contributed by atoms with E-state index in [2.05, 4.69) is 10.2 Å². The molecule has 2 aliphatic rings. The van der Waals surface area contributed by atoms with Crippen LogP contribution in [-0.4, -0.2) is 79.1 Å². The number of nitrogens with zero attached hydrogens (tertiary/aromatic N) is 4. The maximum atomic E-state index is 13.5. The minimum Gasteiger partial charge on any atom is -0.444 e. The number of sulfonamides is 1. The quantitative estimate of drug-likeness (QED) is 0.403. The summed E-state index contributed by atoms with van der Waals surface area (Å²) in [7, 11) is -3.54. The van der Waals surface area contributed by atoms with Gasteiger partial charge in [-0.1, -0.05) is 12.5 Å². The van der Waals surface area contributed by atoms with Crippen LogP contribution in [0, 0.1) is 6.92 Å². The van der Waals surface area contributed by atoms with Gasteiger partial charge in [-0.05, 0) is 89.4 Å². The summed E-state index contributed by atoms with van der Waals surface area (Å²) in [4.78, 5) is 30.1. The smallest absolute Gasteiger partial charge is 0.410 e. The van der Waals surface area contributed by atoms with Gasteiger partial charge in [-0.2, -0.15) is 4.31 Å². The minimum absolute atomic E-state index is 0.169. The first-order valence-corrected chi connectivity index (χ1v) is 16.5. The van der Waals surface area contributed by atoms with Crippen molar-refractivity contribution in [3.63, 3.8) is 0 Å². The number of nitrogens with one attached hydrogen (secondary N) is 1. The molecule has 0 aliphatic carbocycles. The molecule has 0 saturated carbocycles. The number of piperidine rings is 1. The number of fused-ring (bicyclic) bond motifs is 1. The largest absolute Gasteiger partial charge is 0.444 e. The SMILES string of the molecule is Cc1ccc(N2CCN(C(=O)OC(C)(C)C)CC2)cc1NC(=O)C(C)n1ccc2cc(S(=O)(=O)N3CCCCC3)ccc21. The van der Waals surface area contributed by atoms with E-state index in [1.165, 1.54) is 0 Å². The van der Waals surface area contributed by atoms with E-state index in [4.69, 9.17) is 4.74 Å². The molecule has 0 spiro atoms. The highest BCUT2D eigenvalue weighted by atomic mass is 32.2. The fourth-order valence-corrected chi connectivity index (χ4v) is 7.23. The lowest BCUT2D eigenvalue weighted by Crippen LogP contribution is -2.50. The number of hydrogen-bond acceptors (Lipinski definition) is 6. The summed E-state index contributed by atoms with van der Waals surface area (Å²) < 4.78 is 35.3. The number of amides is 2. The van der Waals surface area contributed by atoms with Crippen LogP contribution < -0.4 is 10.2 Å². The number of benzene rings is 2. The van der Waals surface area contributed by atoms with Crippen molar-refractivity contribution in [3.05, 3.63) is 54.2 Å². The Morgan fingerprint density at radius 2 is 1.60 bits per heavy atom. The summed E-state index contributed by atoms with van der Waals surface area (Å²) in [5, 5.41) is 3.88. The van der Waals surface area contributed by atoms with Gasteiger partial charge in [-0.3, -0.25) is 4.79 Å². The Hall–Kier alpha value is -3.57. The van der Waals surface area contributed by atoms with Crippen LogP contribution in [0.4, 0.5) is 16.2 Å². The Labute approximate surface area is 254 Å². The summed E-state index contributed by atoms with van der Waals surface area (Å²) >= 11 is 0. The summed E-state index contributed by atoms with van der Waals surface area (Å²) in [6.45, 7) is 12.9. The van der Waals surface area contributed by atoms with Crippen LogP contribution in [0.1, 0.15) is 58.6 Å². The topological polar surface area (TPSA) is 104 Å². The molecular formula is C32H43N5O5S. The van der Waals surface area contributed by atoms with E-state index in [0.717, 1.165) is 47.1 Å². The zero-order valence-corrected chi connectivity index (χ0v) is 26.6. The molecule has 5 rings (SSSR count). The van der Waals surface area contributed by atoms with Gasteiger partial charge >= 0.3 is 6.09 Å². The van der Waals surface area contributed by atoms with Gasteiger partial charge in [0.15, 0.2) is 0 Å². The van der Waals surface area contributed by atoms with Crippen molar-refractivity contribution in [2.24, 2.45) is 0 Å². The molecule has 2 saturated heterocycles. The number of ether oxygens (including phenoxy) is 1. The number of aryl methyl sites for hydroxylation is 1. The second-order valence-electron chi connectivity index (χ2n) is 12.5. The Balaban J connectivity index is 1.26. The lowest BCUT2D eigenvalue weighted by molar-refractivity contribution is -0.118. The van der Waals surface area contributed by atoms with Crippen LogP contribution in [0.15, 0.2) is 53.6 Å². The Morgan fingerprint density at radius 3 is 2.28 bits per heavy atom. The zero-order chi connectivity index (χ0) is 30.9. The third kappa shape index (κ3) is 6.83. The van der Waals surface area contributed by atoms with E-state index in [1.54, 1.807) is 27.4 Å². The molecule has 3 aromatic rings. The number of carbonyl (C=O) groups excluding carboxylic acids is 2. The molecule has 0 radical (unpaired) electrons. The van der Waals surface area contributed by atoms with Gasteiger partial charge in [0.2, 0.25) is 15.9 Å². The average molecular weight is 610 g/mol. The van der Waals surface area contributed by atoms with Crippen LogP contribution in [-0.2, 0) is 19.6 Å². The van der Waals surface area contributed by atoms with E-state index < -0.39 is 21.7 Å². The predicted octanol–water partition coefficient (Wildman–Crippen LogP) is 5.38. The fourth-order valence-electron chi connectivity index (χ4n) is 5.67. The second kappa shape index (κ2) is 12.2. The number of carbonyl (C=O) groups is 2. The third-order valence-electron chi connectivity index (χ3n) is 8.22. The van der Waals surface area contributed by atoms with E-state index in [-0.39, 0.29) is 16.9 Å². The number of rotatable bonds is 6. The first kappa shape index (κ1) is 30.9. The van der Waals surface area contributed by atoms with Crippen molar-refractivity contribution in [3.8, 4) is 0 Å². The zero-order valence-electron chi connectivity index (χ0n) is 25.8. The first-order valence-electron chi connectivity index (χ1n) is 15.1. The molecular weight excluding hydrogens is 566 g/mol. The van der Waals surface area contributed by atoms with Crippen molar-refractivity contribution < 1.29 is 22.7 Å². The molecule has 1 aromatic heterocycles. The monoisotopic (exact) mass is 609 g/mol. The molecule has 1 atom stereocenters. The lowest BCUT2D eigenvalue weighted by atomic mass is 10.1. The third-order valence-corrected chi connectivity index (χ3v) is 10.1. The van der Waals surface area contributed by atoms with Crippen LogP contribution in [0.5, 0.6) is 0 Å². The molecule has 11 heteroatoms. The second-order valence-corrected chi connectivity index (χ2v) is 14.5. The van der Waals surface area contributed by atoms with Crippen molar-refractivity contribution in [2.45, 2.75) is 70.4 Å². The van der Waals surface area contributed by atoms with Gasteiger partial charge in [0.25, 0.3) is 0 Å². The molecule has 10 nitrogen and oxygen atoms in total. The Morgan fingerprint density at radius 1 is 0.907 bits per heavy atom. The van der Waals surface area contributed by atoms with E-state index in [1.807, 2.05) is 69.6 Å². The van der Waals surface area contributed by atoms with Crippen molar-refractivity contribution >= 4 is 44.3 Å². The number of aromatic nitrogens is 1. The maximum Gasteiger partial charge on any atom is 0.410 e. The minimum atomic E-state index is -3.54. The average Bonchev–Trinajstić information content (AvgIpc) is 3.41. The van der Waals surface area contributed by atoms with Gasteiger partial charge in [0.1, 0.15) is 11.6 Å². The molecule has 0 bridgehead atoms. The predicted molar refractivity (Wildman–Crippen MR) is 169 cm³/mol. The van der Waals surface area contributed by atoms with Crippen LogP contribution in [0.3, 0.4) is 0 Å².